The molecule has 0 spiro atoms. The molecule has 1 aromatic rings. The monoisotopic (exact) mass is 293 g/mol. The Labute approximate surface area is 122 Å². The van der Waals surface area contributed by atoms with Crippen LogP contribution < -0.4 is 5.73 Å². The summed E-state index contributed by atoms with van der Waals surface area (Å²) in [6.45, 7) is 1.69. The van der Waals surface area contributed by atoms with E-state index in [1.54, 1.807) is 17.0 Å². The molecule has 7 heteroatoms. The van der Waals surface area contributed by atoms with Crippen molar-refractivity contribution >= 4 is 11.6 Å². The van der Waals surface area contributed by atoms with Gasteiger partial charge in [0.1, 0.15) is 0 Å². The van der Waals surface area contributed by atoms with Crippen LogP contribution in [0, 0.1) is 10.1 Å². The molecule has 1 fully saturated rings. The number of likely N-dealkylation sites (tertiary alicyclic amines) is 1. The standard InChI is InChI=1S/C14H19N3O4/c15-8-14(18)16-7-1-2-13(9-16)21-10-11-3-5-12(6-4-11)17(19)20/h3-6,13H,1-2,7-10,15H2. The van der Waals surface area contributed by atoms with Crippen LogP contribution in [0.4, 0.5) is 5.69 Å². The quantitative estimate of drug-likeness (QED) is 0.646. The lowest BCUT2D eigenvalue weighted by Crippen LogP contribution is -2.45. The number of amides is 1. The van der Waals surface area contributed by atoms with Crippen molar-refractivity contribution in [2.24, 2.45) is 5.73 Å². The molecule has 1 aromatic carbocycles. The summed E-state index contributed by atoms with van der Waals surface area (Å²) in [5.41, 5.74) is 6.31. The van der Waals surface area contributed by atoms with Gasteiger partial charge in [-0.1, -0.05) is 0 Å². The van der Waals surface area contributed by atoms with Gasteiger partial charge in [0.25, 0.3) is 5.69 Å². The molecule has 7 nitrogen and oxygen atoms in total. The minimum absolute atomic E-state index is 0.00978. The van der Waals surface area contributed by atoms with Gasteiger partial charge < -0.3 is 15.4 Å². The number of hydrogen-bond donors (Lipinski definition) is 1. The zero-order valence-corrected chi connectivity index (χ0v) is 11.7. The van der Waals surface area contributed by atoms with Gasteiger partial charge in [0.15, 0.2) is 0 Å². The van der Waals surface area contributed by atoms with Crippen molar-refractivity contribution in [3.63, 3.8) is 0 Å². The van der Waals surface area contributed by atoms with Gasteiger partial charge in [0.2, 0.25) is 5.91 Å². The summed E-state index contributed by atoms with van der Waals surface area (Å²) < 4.78 is 5.79. The van der Waals surface area contributed by atoms with Crippen molar-refractivity contribution in [1.29, 1.82) is 0 Å². The molecule has 1 unspecified atom stereocenters. The van der Waals surface area contributed by atoms with Crippen molar-refractivity contribution in [2.75, 3.05) is 19.6 Å². The van der Waals surface area contributed by atoms with Crippen LogP contribution >= 0.6 is 0 Å². The van der Waals surface area contributed by atoms with Crippen LogP contribution in [0.15, 0.2) is 24.3 Å². The fourth-order valence-corrected chi connectivity index (χ4v) is 2.36. The summed E-state index contributed by atoms with van der Waals surface area (Å²) >= 11 is 0. The van der Waals surface area contributed by atoms with Gasteiger partial charge >= 0.3 is 0 Å². The highest BCUT2D eigenvalue weighted by Gasteiger charge is 2.23. The van der Waals surface area contributed by atoms with Crippen LogP contribution in [0.25, 0.3) is 0 Å². The number of benzene rings is 1. The first kappa shape index (κ1) is 15.4. The van der Waals surface area contributed by atoms with Gasteiger partial charge in [-0.15, -0.1) is 0 Å². The molecule has 0 bridgehead atoms. The molecule has 114 valence electrons. The third-order valence-electron chi connectivity index (χ3n) is 3.54. The van der Waals surface area contributed by atoms with Crippen molar-refractivity contribution in [3.8, 4) is 0 Å². The number of non-ortho nitro benzene ring substituents is 1. The van der Waals surface area contributed by atoms with Crippen LogP contribution in [0.2, 0.25) is 0 Å². The van der Waals surface area contributed by atoms with Gasteiger partial charge in [-0.3, -0.25) is 14.9 Å². The Morgan fingerprint density at radius 2 is 2.14 bits per heavy atom. The van der Waals surface area contributed by atoms with Gasteiger partial charge in [0.05, 0.1) is 24.2 Å². The second-order valence-corrected chi connectivity index (χ2v) is 5.04. The predicted molar refractivity (Wildman–Crippen MR) is 76.5 cm³/mol. The fourth-order valence-electron chi connectivity index (χ4n) is 2.36. The highest BCUT2D eigenvalue weighted by atomic mass is 16.6. The first-order chi connectivity index (χ1) is 10.1. The average molecular weight is 293 g/mol. The molecule has 2 rings (SSSR count). The third kappa shape index (κ3) is 4.24. The molecule has 0 saturated carbocycles. The number of nitrogens with two attached hydrogens (primary N) is 1. The van der Waals surface area contributed by atoms with E-state index in [1.807, 2.05) is 0 Å². The molecule has 1 atom stereocenters. The maximum absolute atomic E-state index is 11.6. The normalized spacial score (nSPS) is 18.5. The van der Waals surface area contributed by atoms with Crippen LogP contribution in [-0.2, 0) is 16.1 Å². The largest absolute Gasteiger partial charge is 0.372 e. The Hall–Kier alpha value is -1.99. The van der Waals surface area contributed by atoms with Crippen molar-refractivity contribution in [1.82, 2.24) is 4.90 Å². The van der Waals surface area contributed by atoms with E-state index in [2.05, 4.69) is 0 Å². The van der Waals surface area contributed by atoms with E-state index in [-0.39, 0.29) is 24.2 Å². The molecule has 0 aliphatic carbocycles. The van der Waals surface area contributed by atoms with Crippen LogP contribution in [0.1, 0.15) is 18.4 Å². The van der Waals surface area contributed by atoms with E-state index in [1.165, 1.54) is 12.1 Å². The Morgan fingerprint density at radius 3 is 2.76 bits per heavy atom. The fraction of sp³-hybridized carbons (Fsp3) is 0.500. The number of nitrogens with zero attached hydrogens (tertiary/aromatic N) is 2. The second-order valence-electron chi connectivity index (χ2n) is 5.04. The molecular formula is C14H19N3O4. The summed E-state index contributed by atoms with van der Waals surface area (Å²) in [5.74, 6) is -0.0568. The summed E-state index contributed by atoms with van der Waals surface area (Å²) in [7, 11) is 0. The zero-order valence-electron chi connectivity index (χ0n) is 11.7. The number of piperidine rings is 1. The first-order valence-corrected chi connectivity index (χ1v) is 6.93. The Morgan fingerprint density at radius 1 is 1.43 bits per heavy atom. The highest BCUT2D eigenvalue weighted by Crippen LogP contribution is 2.17. The minimum Gasteiger partial charge on any atom is -0.372 e. The lowest BCUT2D eigenvalue weighted by atomic mass is 10.1. The van der Waals surface area contributed by atoms with E-state index < -0.39 is 4.92 Å². The molecule has 0 radical (unpaired) electrons. The number of nitro benzene ring substituents is 1. The lowest BCUT2D eigenvalue weighted by molar-refractivity contribution is -0.384. The molecule has 1 heterocycles. The molecule has 1 aliphatic rings. The maximum atomic E-state index is 11.6. The van der Waals surface area contributed by atoms with Gasteiger partial charge in [-0.2, -0.15) is 0 Å². The van der Waals surface area contributed by atoms with Gasteiger partial charge in [0, 0.05) is 25.2 Å². The highest BCUT2D eigenvalue weighted by molar-refractivity contribution is 5.78. The second kappa shape index (κ2) is 7.14. The summed E-state index contributed by atoms with van der Waals surface area (Å²) in [6, 6.07) is 6.29. The topological polar surface area (TPSA) is 98.7 Å². The van der Waals surface area contributed by atoms with Crippen LogP contribution in [0.3, 0.4) is 0 Å². The molecule has 1 amide bonds. The molecule has 1 aliphatic heterocycles. The van der Waals surface area contributed by atoms with E-state index in [0.717, 1.165) is 24.9 Å². The molecule has 1 saturated heterocycles. The Bertz CT molecular complexity index is 503. The van der Waals surface area contributed by atoms with Gasteiger partial charge in [-0.05, 0) is 30.5 Å². The number of nitro groups is 1. The number of rotatable bonds is 5. The average Bonchev–Trinajstić information content (AvgIpc) is 2.52. The van der Waals surface area contributed by atoms with Crippen LogP contribution in [0.5, 0.6) is 0 Å². The third-order valence-corrected chi connectivity index (χ3v) is 3.54. The summed E-state index contributed by atoms with van der Waals surface area (Å²) in [4.78, 5) is 23.4. The number of ether oxygens (including phenoxy) is 1. The summed E-state index contributed by atoms with van der Waals surface area (Å²) in [6.07, 6.45) is 1.79. The Kier molecular flexibility index (Phi) is 5.24. The van der Waals surface area contributed by atoms with E-state index >= 15 is 0 Å². The van der Waals surface area contributed by atoms with E-state index in [4.69, 9.17) is 10.5 Å². The van der Waals surface area contributed by atoms with Crippen molar-refractivity contribution in [3.05, 3.63) is 39.9 Å². The molecular weight excluding hydrogens is 274 g/mol. The van der Waals surface area contributed by atoms with Crippen molar-refractivity contribution < 1.29 is 14.5 Å². The lowest BCUT2D eigenvalue weighted by Gasteiger charge is -2.32. The molecule has 2 N–H and O–H groups in total. The number of carbonyl (C=O) groups excluding carboxylic acids is 1. The minimum atomic E-state index is -0.428. The van der Waals surface area contributed by atoms with Crippen molar-refractivity contribution in [2.45, 2.75) is 25.6 Å². The first-order valence-electron chi connectivity index (χ1n) is 6.93. The predicted octanol–water partition coefficient (Wildman–Crippen LogP) is 1.06. The zero-order chi connectivity index (χ0) is 15.2. The maximum Gasteiger partial charge on any atom is 0.269 e. The molecule has 0 aromatic heterocycles. The van der Waals surface area contributed by atoms with E-state index in [9.17, 15) is 14.9 Å². The Balaban J connectivity index is 1.84. The molecule has 21 heavy (non-hydrogen) atoms. The number of hydrogen-bond acceptors (Lipinski definition) is 5. The SMILES string of the molecule is NCC(=O)N1CCCC(OCc2ccc([N+](=O)[O-])cc2)C1. The van der Waals surface area contributed by atoms with E-state index in [0.29, 0.717) is 13.2 Å². The number of carbonyl (C=O) groups is 1. The summed E-state index contributed by atoms with van der Waals surface area (Å²) in [5, 5.41) is 10.6. The smallest absolute Gasteiger partial charge is 0.269 e. The van der Waals surface area contributed by atoms with Gasteiger partial charge in [-0.25, -0.2) is 0 Å². The van der Waals surface area contributed by atoms with Crippen LogP contribution in [-0.4, -0.2) is 41.5 Å².